The number of fused-ring (bicyclic) bond motifs is 1. The second kappa shape index (κ2) is 18.5. The first kappa shape index (κ1) is 31.7. The van der Waals surface area contributed by atoms with Crippen LogP contribution in [0.5, 0.6) is 11.5 Å². The summed E-state index contributed by atoms with van der Waals surface area (Å²) in [5, 5.41) is 14.6. The minimum absolute atomic E-state index is 0.0412. The molecule has 1 aromatic carbocycles. The summed E-state index contributed by atoms with van der Waals surface area (Å²) in [7, 11) is 2.12. The second-order valence-corrected chi connectivity index (χ2v) is 11.9. The van der Waals surface area contributed by atoms with E-state index in [0.29, 0.717) is 43.7 Å². The summed E-state index contributed by atoms with van der Waals surface area (Å²) in [6.45, 7) is 3.95. The third-order valence-corrected chi connectivity index (χ3v) is 8.58. The number of hydrogen-bond donors (Lipinski definition) is 2. The first-order valence-corrected chi connectivity index (χ1v) is 16.2. The van der Waals surface area contributed by atoms with Gasteiger partial charge in [-0.25, -0.2) is 0 Å². The Morgan fingerprint density at radius 2 is 1.46 bits per heavy atom. The molecule has 0 aromatic heterocycles. The molecule has 1 fully saturated rings. The van der Waals surface area contributed by atoms with E-state index in [2.05, 4.69) is 24.2 Å². The number of rotatable bonds is 20. The van der Waals surface area contributed by atoms with Crippen LogP contribution in [0.25, 0.3) is 0 Å². The molecule has 0 saturated heterocycles. The van der Waals surface area contributed by atoms with Gasteiger partial charge in [0.05, 0.1) is 6.04 Å². The Morgan fingerprint density at radius 3 is 2.08 bits per heavy atom. The first-order valence-electron chi connectivity index (χ1n) is 16.2. The summed E-state index contributed by atoms with van der Waals surface area (Å²) in [5.41, 5.74) is 0.755. The Bertz CT molecular complexity index is 811. The molecule has 222 valence electrons. The number of amides is 1. The predicted molar refractivity (Wildman–Crippen MR) is 160 cm³/mol. The maximum Gasteiger partial charge on any atom is 0.220 e. The van der Waals surface area contributed by atoms with Crippen molar-refractivity contribution in [3.05, 3.63) is 23.8 Å². The molecule has 1 aliphatic heterocycles. The average Bonchev–Trinajstić information content (AvgIpc) is 3.50. The lowest BCUT2D eigenvalue weighted by molar-refractivity contribution is -0.123. The van der Waals surface area contributed by atoms with E-state index < -0.39 is 6.10 Å². The Hall–Kier alpha value is -1.79. The van der Waals surface area contributed by atoms with Crippen molar-refractivity contribution in [2.75, 3.05) is 26.8 Å². The number of likely N-dealkylation sites (N-methyl/N-ethyl adjacent to an activating group) is 1. The van der Waals surface area contributed by atoms with E-state index in [1.54, 1.807) is 0 Å². The zero-order valence-corrected chi connectivity index (χ0v) is 24.9. The number of nitrogens with zero attached hydrogens (tertiary/aromatic N) is 1. The lowest BCUT2D eigenvalue weighted by Gasteiger charge is -2.32. The summed E-state index contributed by atoms with van der Waals surface area (Å²) in [6.07, 6.45) is 21.4. The summed E-state index contributed by atoms with van der Waals surface area (Å²) < 4.78 is 11.4. The first-order chi connectivity index (χ1) is 19.1. The van der Waals surface area contributed by atoms with E-state index >= 15 is 0 Å². The van der Waals surface area contributed by atoms with Crippen molar-refractivity contribution >= 4 is 5.91 Å². The molecule has 1 saturated carbocycles. The summed E-state index contributed by atoms with van der Waals surface area (Å²) in [4.78, 5) is 15.3. The topological polar surface area (TPSA) is 71.0 Å². The van der Waals surface area contributed by atoms with Gasteiger partial charge in [-0.1, -0.05) is 103 Å². The molecule has 6 nitrogen and oxygen atoms in total. The van der Waals surface area contributed by atoms with Crippen LogP contribution in [0.3, 0.4) is 0 Å². The molecule has 1 aliphatic carbocycles. The van der Waals surface area contributed by atoms with Crippen molar-refractivity contribution in [1.29, 1.82) is 0 Å². The van der Waals surface area contributed by atoms with E-state index in [-0.39, 0.29) is 11.9 Å². The molecular weight excluding hydrogens is 488 g/mol. The average molecular weight is 545 g/mol. The number of unbranched alkanes of at least 4 members (excludes halogenated alkanes) is 12. The van der Waals surface area contributed by atoms with Crippen molar-refractivity contribution < 1.29 is 19.4 Å². The van der Waals surface area contributed by atoms with Gasteiger partial charge in [0.25, 0.3) is 0 Å². The molecule has 3 rings (SSSR count). The molecule has 1 heterocycles. The minimum atomic E-state index is -0.805. The van der Waals surface area contributed by atoms with E-state index in [9.17, 15) is 9.90 Å². The summed E-state index contributed by atoms with van der Waals surface area (Å²) >= 11 is 0. The zero-order valence-electron chi connectivity index (χ0n) is 24.9. The third kappa shape index (κ3) is 11.7. The van der Waals surface area contributed by atoms with Gasteiger partial charge in [-0.3, -0.25) is 4.79 Å². The number of hydrogen-bond acceptors (Lipinski definition) is 5. The van der Waals surface area contributed by atoms with Crippen LogP contribution in [-0.2, 0) is 4.79 Å². The van der Waals surface area contributed by atoms with Gasteiger partial charge >= 0.3 is 0 Å². The highest BCUT2D eigenvalue weighted by molar-refractivity contribution is 5.76. The number of benzene rings is 1. The molecule has 39 heavy (non-hydrogen) atoms. The van der Waals surface area contributed by atoms with Crippen molar-refractivity contribution in [2.45, 2.75) is 141 Å². The smallest absolute Gasteiger partial charge is 0.220 e. The summed E-state index contributed by atoms with van der Waals surface area (Å²) in [5.74, 6) is 1.42. The Kier molecular flexibility index (Phi) is 15.1. The van der Waals surface area contributed by atoms with E-state index in [1.807, 2.05) is 18.2 Å². The lowest BCUT2D eigenvalue weighted by atomic mass is 9.99. The molecule has 2 N–H and O–H groups in total. The van der Waals surface area contributed by atoms with Crippen molar-refractivity contribution in [2.24, 2.45) is 0 Å². The Balaban J connectivity index is 1.38. The quantitative estimate of drug-likeness (QED) is 0.168. The Morgan fingerprint density at radius 1 is 0.897 bits per heavy atom. The second-order valence-electron chi connectivity index (χ2n) is 11.9. The number of carbonyl (C=O) groups excluding carboxylic acids is 1. The van der Waals surface area contributed by atoms with Crippen LogP contribution in [0.2, 0.25) is 0 Å². The lowest BCUT2D eigenvalue weighted by Crippen LogP contribution is -2.48. The molecular formula is C33H56N2O4. The van der Waals surface area contributed by atoms with Crippen molar-refractivity contribution in [3.8, 4) is 11.5 Å². The summed E-state index contributed by atoms with van der Waals surface area (Å²) in [6, 6.07) is 5.77. The highest BCUT2D eigenvalue weighted by Gasteiger charge is 2.29. The van der Waals surface area contributed by atoms with Gasteiger partial charge in [0.2, 0.25) is 5.91 Å². The third-order valence-electron chi connectivity index (χ3n) is 8.58. The van der Waals surface area contributed by atoms with Crippen molar-refractivity contribution in [1.82, 2.24) is 10.2 Å². The van der Waals surface area contributed by atoms with Crippen LogP contribution < -0.4 is 14.8 Å². The molecule has 0 unspecified atom stereocenters. The van der Waals surface area contributed by atoms with Gasteiger partial charge in [0.1, 0.15) is 19.3 Å². The fourth-order valence-electron chi connectivity index (χ4n) is 6.09. The van der Waals surface area contributed by atoms with Crippen LogP contribution in [-0.4, -0.2) is 54.8 Å². The largest absolute Gasteiger partial charge is 0.486 e. The van der Waals surface area contributed by atoms with E-state index in [4.69, 9.17) is 9.47 Å². The fourth-order valence-corrected chi connectivity index (χ4v) is 6.09. The molecule has 2 atom stereocenters. The molecule has 0 bridgehead atoms. The van der Waals surface area contributed by atoms with Gasteiger partial charge < -0.3 is 24.8 Å². The van der Waals surface area contributed by atoms with Gasteiger partial charge in [0.15, 0.2) is 11.5 Å². The standard InChI is InChI=1S/C33H56N2O4/c1-3-4-5-6-7-8-9-10-11-12-13-14-15-20-32(36)34-29(26-35(2)28-18-16-17-19-28)33(37)27-21-22-30-31(25-27)39-24-23-38-30/h21-22,25,28-29,33,37H,3-20,23-24,26H2,1-2H3,(H,34,36)/t29-,33+/m1/s1. The SMILES string of the molecule is CCCCCCCCCCCCCCCC(=O)N[C@H](CN(C)C1CCCC1)[C@@H](O)c1ccc2c(c1)OCCO2. The van der Waals surface area contributed by atoms with Crippen LogP contribution >= 0.6 is 0 Å². The fraction of sp³-hybridized carbons (Fsp3) is 0.788. The van der Waals surface area contributed by atoms with E-state index in [0.717, 1.165) is 18.4 Å². The molecule has 1 amide bonds. The maximum atomic E-state index is 12.9. The number of aliphatic hydroxyl groups is 1. The van der Waals surface area contributed by atoms with E-state index in [1.165, 1.54) is 96.3 Å². The van der Waals surface area contributed by atoms with Crippen molar-refractivity contribution in [3.63, 3.8) is 0 Å². The molecule has 0 radical (unpaired) electrons. The van der Waals surface area contributed by atoms with Crippen LogP contribution in [0.4, 0.5) is 0 Å². The molecule has 1 aromatic rings. The van der Waals surface area contributed by atoms with Crippen LogP contribution in [0, 0.1) is 0 Å². The maximum absolute atomic E-state index is 12.9. The van der Waals surface area contributed by atoms with Crippen LogP contribution in [0.1, 0.15) is 134 Å². The van der Waals surface area contributed by atoms with Gasteiger partial charge in [-0.05, 0) is 44.0 Å². The van der Waals surface area contributed by atoms with Gasteiger partial charge in [0, 0.05) is 19.0 Å². The highest BCUT2D eigenvalue weighted by Crippen LogP contribution is 2.34. The normalized spacial score (nSPS) is 16.9. The Labute approximate surface area is 238 Å². The monoisotopic (exact) mass is 544 g/mol. The van der Waals surface area contributed by atoms with Gasteiger partial charge in [-0.2, -0.15) is 0 Å². The predicted octanol–water partition coefficient (Wildman–Crippen LogP) is 7.33. The number of nitrogens with one attached hydrogen (secondary N) is 1. The zero-order chi connectivity index (χ0) is 27.7. The highest BCUT2D eigenvalue weighted by atomic mass is 16.6. The molecule has 6 heteroatoms. The number of aliphatic hydroxyl groups excluding tert-OH is 1. The van der Waals surface area contributed by atoms with Gasteiger partial charge in [-0.15, -0.1) is 0 Å². The molecule has 0 spiro atoms. The minimum Gasteiger partial charge on any atom is -0.486 e. The van der Waals surface area contributed by atoms with Crippen LogP contribution in [0.15, 0.2) is 18.2 Å². The number of ether oxygens (including phenoxy) is 2. The number of carbonyl (C=O) groups is 1. The molecule has 2 aliphatic rings.